The van der Waals surface area contributed by atoms with Gasteiger partial charge in [-0.1, -0.05) is 37.8 Å². The SMILES string of the molecule is O=[N+]([O-])c1cccc(CNCCCC2CCCC2)c1F. The van der Waals surface area contributed by atoms with Crippen LogP contribution in [0.4, 0.5) is 10.1 Å². The van der Waals surface area contributed by atoms with Crippen LogP contribution in [0.3, 0.4) is 0 Å². The van der Waals surface area contributed by atoms with Crippen molar-refractivity contribution in [2.24, 2.45) is 5.92 Å². The molecule has 0 heterocycles. The van der Waals surface area contributed by atoms with E-state index in [2.05, 4.69) is 5.32 Å². The lowest BCUT2D eigenvalue weighted by Gasteiger charge is -2.09. The quantitative estimate of drug-likeness (QED) is 0.469. The molecule has 1 aliphatic rings. The van der Waals surface area contributed by atoms with Gasteiger partial charge in [0.2, 0.25) is 5.82 Å². The summed E-state index contributed by atoms with van der Waals surface area (Å²) in [5.41, 5.74) is -0.0877. The van der Waals surface area contributed by atoms with Crippen molar-refractivity contribution in [2.75, 3.05) is 6.54 Å². The highest BCUT2D eigenvalue weighted by Crippen LogP contribution is 2.28. The van der Waals surface area contributed by atoms with Gasteiger partial charge in [0.25, 0.3) is 0 Å². The van der Waals surface area contributed by atoms with Crippen LogP contribution in [-0.2, 0) is 6.54 Å². The van der Waals surface area contributed by atoms with Gasteiger partial charge in [-0.25, -0.2) is 0 Å². The molecule has 0 unspecified atom stereocenters. The Kier molecular flexibility index (Phi) is 5.47. The molecule has 2 rings (SSSR count). The second-order valence-electron chi connectivity index (χ2n) is 5.48. The smallest absolute Gasteiger partial charge is 0.305 e. The third kappa shape index (κ3) is 4.00. The molecule has 0 bridgehead atoms. The molecule has 110 valence electrons. The zero-order valence-electron chi connectivity index (χ0n) is 11.6. The minimum atomic E-state index is -0.721. The number of nitro groups is 1. The van der Waals surface area contributed by atoms with Gasteiger partial charge in [-0.05, 0) is 25.3 Å². The second-order valence-corrected chi connectivity index (χ2v) is 5.48. The van der Waals surface area contributed by atoms with Gasteiger partial charge in [0, 0.05) is 18.2 Å². The highest BCUT2D eigenvalue weighted by molar-refractivity contribution is 5.36. The van der Waals surface area contributed by atoms with Gasteiger partial charge in [-0.2, -0.15) is 4.39 Å². The molecule has 0 aromatic heterocycles. The van der Waals surface area contributed by atoms with Gasteiger partial charge < -0.3 is 5.32 Å². The first-order valence-electron chi connectivity index (χ1n) is 7.31. The van der Waals surface area contributed by atoms with E-state index in [0.717, 1.165) is 18.9 Å². The maximum atomic E-state index is 13.8. The summed E-state index contributed by atoms with van der Waals surface area (Å²) in [5.74, 6) is 0.146. The van der Waals surface area contributed by atoms with Crippen molar-refractivity contribution in [2.45, 2.75) is 45.1 Å². The van der Waals surface area contributed by atoms with E-state index in [9.17, 15) is 14.5 Å². The van der Waals surface area contributed by atoms with Crippen LogP contribution in [0.5, 0.6) is 0 Å². The van der Waals surface area contributed by atoms with E-state index in [1.54, 1.807) is 6.07 Å². The first-order chi connectivity index (χ1) is 9.68. The summed E-state index contributed by atoms with van der Waals surface area (Å²) in [5, 5.41) is 13.8. The van der Waals surface area contributed by atoms with Gasteiger partial charge in [0.15, 0.2) is 0 Å². The third-order valence-electron chi connectivity index (χ3n) is 4.01. The summed E-state index contributed by atoms with van der Waals surface area (Å²) in [6.45, 7) is 1.18. The Balaban J connectivity index is 1.73. The van der Waals surface area contributed by atoms with E-state index in [-0.39, 0.29) is 0 Å². The summed E-state index contributed by atoms with van der Waals surface area (Å²) >= 11 is 0. The predicted molar refractivity (Wildman–Crippen MR) is 76.0 cm³/mol. The maximum absolute atomic E-state index is 13.8. The van der Waals surface area contributed by atoms with Crippen LogP contribution in [0.2, 0.25) is 0 Å². The summed E-state index contributed by atoms with van der Waals surface area (Å²) in [4.78, 5) is 9.96. The molecule has 20 heavy (non-hydrogen) atoms. The lowest BCUT2D eigenvalue weighted by Crippen LogP contribution is -2.16. The zero-order valence-corrected chi connectivity index (χ0v) is 11.6. The molecule has 1 fully saturated rings. The zero-order chi connectivity index (χ0) is 14.4. The molecule has 0 saturated heterocycles. The first kappa shape index (κ1) is 14.9. The molecule has 1 saturated carbocycles. The number of benzene rings is 1. The topological polar surface area (TPSA) is 55.2 Å². The number of nitrogens with zero attached hydrogens (tertiary/aromatic N) is 1. The molecule has 5 heteroatoms. The minimum Gasteiger partial charge on any atom is -0.313 e. The van der Waals surface area contributed by atoms with Crippen molar-refractivity contribution in [3.63, 3.8) is 0 Å². The predicted octanol–water partition coefficient (Wildman–Crippen LogP) is 3.79. The van der Waals surface area contributed by atoms with Crippen molar-refractivity contribution in [3.8, 4) is 0 Å². The first-order valence-corrected chi connectivity index (χ1v) is 7.31. The summed E-state index contributed by atoms with van der Waals surface area (Å²) < 4.78 is 13.8. The number of halogens is 1. The standard InChI is InChI=1S/C15H21FN2O2/c16-15-13(8-3-9-14(15)18(19)20)11-17-10-4-7-12-5-1-2-6-12/h3,8-9,12,17H,1-2,4-7,10-11H2. The van der Waals surface area contributed by atoms with E-state index in [1.807, 2.05) is 0 Å². The number of hydrogen-bond donors (Lipinski definition) is 1. The Morgan fingerprint density at radius 2 is 2.10 bits per heavy atom. The fourth-order valence-electron chi connectivity index (χ4n) is 2.88. The number of nitrogens with one attached hydrogen (secondary N) is 1. The maximum Gasteiger partial charge on any atom is 0.305 e. The highest BCUT2D eigenvalue weighted by Gasteiger charge is 2.17. The molecular weight excluding hydrogens is 259 g/mol. The lowest BCUT2D eigenvalue weighted by atomic mass is 10.0. The average molecular weight is 280 g/mol. The minimum absolute atomic E-state index is 0.345. The largest absolute Gasteiger partial charge is 0.313 e. The Bertz CT molecular complexity index is 459. The molecule has 4 nitrogen and oxygen atoms in total. The van der Waals surface area contributed by atoms with Crippen LogP contribution >= 0.6 is 0 Å². The van der Waals surface area contributed by atoms with Crippen LogP contribution in [0.1, 0.15) is 44.1 Å². The number of hydrogen-bond acceptors (Lipinski definition) is 3. The van der Waals surface area contributed by atoms with E-state index in [4.69, 9.17) is 0 Å². The van der Waals surface area contributed by atoms with Crippen molar-refractivity contribution in [1.29, 1.82) is 0 Å². The molecule has 1 N–H and O–H groups in total. The van der Waals surface area contributed by atoms with Crippen molar-refractivity contribution in [1.82, 2.24) is 5.32 Å². The monoisotopic (exact) mass is 280 g/mol. The molecule has 0 radical (unpaired) electrons. The molecule has 0 spiro atoms. The molecular formula is C15H21FN2O2. The fourth-order valence-corrected chi connectivity index (χ4v) is 2.88. The van der Waals surface area contributed by atoms with Crippen LogP contribution in [0.25, 0.3) is 0 Å². The summed E-state index contributed by atoms with van der Waals surface area (Å²) in [6, 6.07) is 4.31. The van der Waals surface area contributed by atoms with Crippen LogP contribution in [0, 0.1) is 21.8 Å². The fraction of sp³-hybridized carbons (Fsp3) is 0.600. The number of nitro benzene ring substituents is 1. The molecule has 0 atom stereocenters. The van der Waals surface area contributed by atoms with E-state index in [1.165, 1.54) is 44.2 Å². The Hall–Kier alpha value is -1.49. The van der Waals surface area contributed by atoms with Crippen molar-refractivity contribution < 1.29 is 9.31 Å². The Morgan fingerprint density at radius 1 is 1.35 bits per heavy atom. The summed E-state index contributed by atoms with van der Waals surface area (Å²) in [6.07, 6.45) is 7.72. The lowest BCUT2D eigenvalue weighted by molar-refractivity contribution is -0.387. The molecule has 0 amide bonds. The van der Waals surface area contributed by atoms with Crippen molar-refractivity contribution >= 4 is 5.69 Å². The molecule has 0 aliphatic heterocycles. The summed E-state index contributed by atoms with van der Waals surface area (Å²) in [7, 11) is 0. The highest BCUT2D eigenvalue weighted by atomic mass is 19.1. The van der Waals surface area contributed by atoms with Crippen LogP contribution in [0.15, 0.2) is 18.2 Å². The van der Waals surface area contributed by atoms with Gasteiger partial charge in [-0.3, -0.25) is 10.1 Å². The third-order valence-corrected chi connectivity index (χ3v) is 4.01. The van der Waals surface area contributed by atoms with Crippen LogP contribution in [-0.4, -0.2) is 11.5 Å². The molecule has 1 aliphatic carbocycles. The normalized spacial score (nSPS) is 15.7. The van der Waals surface area contributed by atoms with Gasteiger partial charge in [0.1, 0.15) is 0 Å². The molecule has 1 aromatic carbocycles. The average Bonchev–Trinajstić information content (AvgIpc) is 2.93. The van der Waals surface area contributed by atoms with E-state index < -0.39 is 16.4 Å². The Labute approximate surface area is 118 Å². The molecule has 1 aromatic rings. The Morgan fingerprint density at radius 3 is 2.80 bits per heavy atom. The van der Waals surface area contributed by atoms with Crippen LogP contribution < -0.4 is 5.32 Å². The van der Waals surface area contributed by atoms with E-state index >= 15 is 0 Å². The number of rotatable bonds is 7. The second kappa shape index (κ2) is 7.33. The van der Waals surface area contributed by atoms with Gasteiger partial charge in [0.05, 0.1) is 4.92 Å². The van der Waals surface area contributed by atoms with Crippen molar-refractivity contribution in [3.05, 3.63) is 39.7 Å². The van der Waals surface area contributed by atoms with E-state index in [0.29, 0.717) is 12.1 Å². The van der Waals surface area contributed by atoms with Gasteiger partial charge >= 0.3 is 5.69 Å². The van der Waals surface area contributed by atoms with Gasteiger partial charge in [-0.15, -0.1) is 0 Å².